The first kappa shape index (κ1) is 43.2. The molecule has 0 bridgehead atoms. The van der Waals surface area contributed by atoms with Crippen LogP contribution < -0.4 is 41.9 Å². The third kappa shape index (κ3) is 9.63. The van der Waals surface area contributed by atoms with Crippen LogP contribution in [0.2, 0.25) is 0 Å². The van der Waals surface area contributed by atoms with Crippen molar-refractivity contribution in [2.24, 2.45) is 5.73 Å². The molecule has 19 nitrogen and oxygen atoms in total. The molecule has 8 N–H and O–H groups in total. The van der Waals surface area contributed by atoms with Crippen molar-refractivity contribution in [2.45, 2.75) is 88.2 Å². The first-order valence-corrected chi connectivity index (χ1v) is 21.1. The van der Waals surface area contributed by atoms with E-state index in [0.29, 0.717) is 66.0 Å². The van der Waals surface area contributed by atoms with Crippen molar-refractivity contribution in [1.82, 2.24) is 30.8 Å². The van der Waals surface area contributed by atoms with E-state index in [0.717, 1.165) is 23.1 Å². The number of aromatic nitrogens is 2. The van der Waals surface area contributed by atoms with Gasteiger partial charge in [-0.25, -0.2) is 9.97 Å². The smallest absolute Gasteiger partial charge is 0.488 e. The number of carbonyl (C=O) groups excluding carboxylic acids is 6. The molecular formula is C43H47BN8O11. The number of piperidine rings is 1. The molecule has 2 fully saturated rings. The molecule has 20 heteroatoms. The number of amides is 6. The number of ether oxygens (including phenoxy) is 2. The summed E-state index contributed by atoms with van der Waals surface area (Å²) < 4.78 is 17.7. The number of imide groups is 2. The van der Waals surface area contributed by atoms with Gasteiger partial charge in [0.1, 0.15) is 23.1 Å². The molecule has 328 valence electrons. The van der Waals surface area contributed by atoms with Crippen molar-refractivity contribution in [3.8, 4) is 11.5 Å². The Hall–Kier alpha value is -6.48. The number of para-hydroxylation sites is 1. The predicted octanol–water partition coefficient (Wildman–Crippen LogP) is 1.02. The van der Waals surface area contributed by atoms with Gasteiger partial charge in [0.25, 0.3) is 17.7 Å². The summed E-state index contributed by atoms with van der Waals surface area (Å²) in [5, 5.41) is 32.3. The Morgan fingerprint density at radius 3 is 2.59 bits per heavy atom. The average Bonchev–Trinajstić information content (AvgIpc) is 3.73. The van der Waals surface area contributed by atoms with Gasteiger partial charge in [-0.1, -0.05) is 24.3 Å². The molecule has 1 saturated heterocycles. The first-order valence-electron chi connectivity index (χ1n) is 21.1. The Labute approximate surface area is 361 Å². The molecule has 3 aliphatic heterocycles. The molecule has 0 radical (unpaired) electrons. The number of nitrogens with one attached hydrogen (secondary N) is 4. The molecule has 0 spiro atoms. The first-order chi connectivity index (χ1) is 30.4. The highest BCUT2D eigenvalue weighted by Crippen LogP contribution is 2.34. The van der Waals surface area contributed by atoms with Crippen LogP contribution >= 0.6 is 0 Å². The number of carbonyl (C=O) groups is 6. The maximum Gasteiger partial charge on any atom is 0.492 e. The van der Waals surface area contributed by atoms with Crippen molar-refractivity contribution in [3.63, 3.8) is 0 Å². The van der Waals surface area contributed by atoms with Gasteiger partial charge in [-0.05, 0) is 92.7 Å². The monoisotopic (exact) mass is 862 g/mol. The summed E-state index contributed by atoms with van der Waals surface area (Å²) in [5.41, 5.74) is 8.67. The number of nitrogens with two attached hydrogens (primary N) is 1. The highest BCUT2D eigenvalue weighted by Gasteiger charge is 2.46. The number of hydrogen-bond acceptors (Lipinski definition) is 15. The molecule has 1 saturated carbocycles. The summed E-state index contributed by atoms with van der Waals surface area (Å²) in [6.45, 7) is -0.100. The van der Waals surface area contributed by atoms with Crippen LogP contribution in [-0.2, 0) is 23.8 Å². The van der Waals surface area contributed by atoms with Crippen molar-refractivity contribution in [2.75, 3.05) is 25.0 Å². The lowest BCUT2D eigenvalue weighted by Gasteiger charge is -2.27. The third-order valence-corrected chi connectivity index (χ3v) is 11.6. The van der Waals surface area contributed by atoms with Crippen LogP contribution in [0, 0.1) is 0 Å². The molecular weight excluding hydrogens is 815 g/mol. The zero-order valence-electron chi connectivity index (χ0n) is 34.2. The fourth-order valence-electron chi connectivity index (χ4n) is 8.25. The molecule has 3 atom stereocenters. The standard InChI is InChI=1S/C43H47BN8O11/c45-30(7-1-2-18-46-36(55)22-61-32-8-4-6-28-37(32)42(59)52(41(28)58)31-16-17-35(54)50-40(31)57)39(56)47-21-34-27-15-10-24(19-29(27)44(60)63-34)49-43-48-20-23-5-3-9-33(38(23)51-43)62-26-13-11-25(53)12-14-26/h3-6,8-10,15,19-20,25-26,30-31,34,53,60H,1-2,7,11-14,16-18,21-22,45H2,(H,46,55)(H,47,56)(H,48,49,51)(H,50,54,57)/t25-,26+,30-,31?,34?/m0/s1. The van der Waals surface area contributed by atoms with Gasteiger partial charge < -0.3 is 45.9 Å². The second-order valence-corrected chi connectivity index (χ2v) is 16.0. The molecule has 8 rings (SSSR count). The SMILES string of the molecule is N[C@@H](CCCCNC(=O)COc1cccc2c1C(=O)N(C1CCC(=O)NC1=O)C2=O)C(=O)NCC1OB(O)c2cc(Nc3ncc4cccc(O[C@H]5CC[C@@H](O)CC5)c4n3)ccc21. The summed E-state index contributed by atoms with van der Waals surface area (Å²) in [7, 11) is -1.22. The molecule has 1 aliphatic carbocycles. The largest absolute Gasteiger partial charge is 0.492 e. The number of aliphatic hydroxyl groups is 1. The van der Waals surface area contributed by atoms with Gasteiger partial charge in [0.2, 0.25) is 23.7 Å². The van der Waals surface area contributed by atoms with Gasteiger partial charge in [0, 0.05) is 36.8 Å². The van der Waals surface area contributed by atoms with Crippen LogP contribution in [0.15, 0.2) is 60.8 Å². The summed E-state index contributed by atoms with van der Waals surface area (Å²) >= 11 is 0. The minimum atomic E-state index is -1.22. The lowest BCUT2D eigenvalue weighted by atomic mass is 9.79. The van der Waals surface area contributed by atoms with Crippen molar-refractivity contribution in [1.29, 1.82) is 0 Å². The number of nitrogens with zero attached hydrogens (tertiary/aromatic N) is 3. The average molecular weight is 863 g/mol. The second-order valence-electron chi connectivity index (χ2n) is 16.0. The summed E-state index contributed by atoms with van der Waals surface area (Å²) in [6, 6.07) is 13.5. The zero-order valence-corrected chi connectivity index (χ0v) is 34.2. The van der Waals surface area contributed by atoms with E-state index in [-0.39, 0.29) is 55.0 Å². The van der Waals surface area contributed by atoms with Crippen LogP contribution in [-0.4, -0.2) is 112 Å². The van der Waals surface area contributed by atoms with E-state index in [1.807, 2.05) is 30.3 Å². The lowest BCUT2D eigenvalue weighted by molar-refractivity contribution is -0.136. The van der Waals surface area contributed by atoms with E-state index >= 15 is 0 Å². The highest BCUT2D eigenvalue weighted by molar-refractivity contribution is 6.62. The zero-order chi connectivity index (χ0) is 44.2. The number of aliphatic hydroxyl groups excluding tert-OH is 1. The van der Waals surface area contributed by atoms with Crippen LogP contribution in [0.1, 0.15) is 90.2 Å². The van der Waals surface area contributed by atoms with E-state index < -0.39 is 67.4 Å². The van der Waals surface area contributed by atoms with Gasteiger partial charge >= 0.3 is 7.12 Å². The Bertz CT molecular complexity index is 2450. The van der Waals surface area contributed by atoms with Gasteiger partial charge in [-0.2, -0.15) is 0 Å². The van der Waals surface area contributed by atoms with Gasteiger partial charge in [0.05, 0.1) is 35.5 Å². The molecule has 63 heavy (non-hydrogen) atoms. The molecule has 1 aromatic heterocycles. The molecule has 6 amide bonds. The van der Waals surface area contributed by atoms with E-state index in [4.69, 9.17) is 24.8 Å². The molecule has 4 aliphatic rings. The summed E-state index contributed by atoms with van der Waals surface area (Å²) in [6.07, 6.45) is 5.12. The number of hydrogen-bond donors (Lipinski definition) is 7. The number of rotatable bonds is 16. The van der Waals surface area contributed by atoms with Gasteiger partial charge in [-0.15, -0.1) is 0 Å². The molecule has 2 unspecified atom stereocenters. The Morgan fingerprint density at radius 2 is 1.78 bits per heavy atom. The minimum Gasteiger partial charge on any atom is -0.488 e. The topological polar surface area (TPSA) is 274 Å². The van der Waals surface area contributed by atoms with Crippen LogP contribution in [0.25, 0.3) is 10.9 Å². The Kier molecular flexibility index (Phi) is 12.9. The highest BCUT2D eigenvalue weighted by atomic mass is 16.5. The molecule has 3 aromatic carbocycles. The summed E-state index contributed by atoms with van der Waals surface area (Å²) in [5.74, 6) is -2.50. The number of fused-ring (bicyclic) bond motifs is 3. The summed E-state index contributed by atoms with van der Waals surface area (Å²) in [4.78, 5) is 85.7. The Balaban J connectivity index is 0.758. The molecule has 4 aromatic rings. The van der Waals surface area contributed by atoms with E-state index in [1.54, 1.807) is 12.3 Å². The van der Waals surface area contributed by atoms with Crippen LogP contribution in [0.3, 0.4) is 0 Å². The molecule has 4 heterocycles. The van der Waals surface area contributed by atoms with Crippen molar-refractivity contribution < 1.29 is 53.0 Å². The van der Waals surface area contributed by atoms with E-state index in [1.165, 1.54) is 18.2 Å². The third-order valence-electron chi connectivity index (χ3n) is 11.6. The maximum absolute atomic E-state index is 13.3. The van der Waals surface area contributed by atoms with Crippen LogP contribution in [0.5, 0.6) is 11.5 Å². The van der Waals surface area contributed by atoms with Crippen molar-refractivity contribution in [3.05, 3.63) is 77.5 Å². The fourth-order valence-corrected chi connectivity index (χ4v) is 8.25. The normalized spacial score (nSPS) is 21.1. The van der Waals surface area contributed by atoms with E-state index in [2.05, 4.69) is 26.3 Å². The van der Waals surface area contributed by atoms with E-state index in [9.17, 15) is 38.9 Å². The van der Waals surface area contributed by atoms with Crippen LogP contribution in [0.4, 0.5) is 11.6 Å². The second kappa shape index (κ2) is 18.9. The van der Waals surface area contributed by atoms with Crippen molar-refractivity contribution >= 4 is 70.6 Å². The lowest BCUT2D eigenvalue weighted by Crippen LogP contribution is -2.54. The van der Waals surface area contributed by atoms with Gasteiger partial charge in [-0.3, -0.25) is 39.0 Å². The number of anilines is 2. The van der Waals surface area contributed by atoms with Gasteiger partial charge in [0.15, 0.2) is 6.61 Å². The fraction of sp³-hybridized carbons (Fsp3) is 0.395. The predicted molar refractivity (Wildman–Crippen MR) is 226 cm³/mol. The maximum atomic E-state index is 13.3. The number of unbranched alkanes of at least 4 members (excludes halogenated alkanes) is 1. The quantitative estimate of drug-likeness (QED) is 0.0471. The number of benzene rings is 3. The minimum absolute atomic E-state index is 0.000748. The Morgan fingerprint density at radius 1 is 0.984 bits per heavy atom.